The molecule has 4 rings (SSSR count). The highest BCUT2D eigenvalue weighted by atomic mass is 127. The number of fused-ring (bicyclic) bond motifs is 1. The third-order valence-corrected chi connectivity index (χ3v) is 5.70. The molecule has 3 heterocycles. The second-order valence-corrected chi connectivity index (χ2v) is 8.09. The summed E-state index contributed by atoms with van der Waals surface area (Å²) >= 11 is 6.21. The van der Waals surface area contributed by atoms with Crippen LogP contribution in [0.1, 0.15) is 24.7 Å². The molecule has 1 fully saturated rings. The zero-order valence-corrected chi connectivity index (χ0v) is 21.0. The molecule has 1 atom stereocenters. The van der Waals surface area contributed by atoms with E-state index < -0.39 is 0 Å². The Balaban J connectivity index is 0.00000272. The standard InChI is InChI=1S/C22H28ClN7.HI/c1-3-24-22(26-14-21-28-27-20-6-4-5-10-30(20)21)25-13-17-9-11-29(15-17)19-12-18(23)8-7-16(19)2;/h4-8,10,12,17H,3,9,11,13-15H2,1-2H3,(H2,24,25,26);1H. The van der Waals surface area contributed by atoms with Gasteiger partial charge in [-0.05, 0) is 56.0 Å². The van der Waals surface area contributed by atoms with E-state index in [0.29, 0.717) is 12.5 Å². The van der Waals surface area contributed by atoms with Crippen LogP contribution in [-0.4, -0.2) is 46.7 Å². The van der Waals surface area contributed by atoms with Gasteiger partial charge >= 0.3 is 0 Å². The van der Waals surface area contributed by atoms with Crippen LogP contribution in [0.2, 0.25) is 5.02 Å². The van der Waals surface area contributed by atoms with Crippen LogP contribution in [0.4, 0.5) is 5.69 Å². The van der Waals surface area contributed by atoms with Crippen molar-refractivity contribution in [3.63, 3.8) is 0 Å². The molecular weight excluding hydrogens is 525 g/mol. The van der Waals surface area contributed by atoms with Crippen molar-refractivity contribution in [3.05, 3.63) is 59.0 Å². The van der Waals surface area contributed by atoms with Crippen LogP contribution in [0.5, 0.6) is 0 Å². The summed E-state index contributed by atoms with van der Waals surface area (Å²) in [4.78, 5) is 7.14. The van der Waals surface area contributed by atoms with E-state index in [-0.39, 0.29) is 24.0 Å². The van der Waals surface area contributed by atoms with E-state index >= 15 is 0 Å². The highest BCUT2D eigenvalue weighted by Crippen LogP contribution is 2.29. The predicted octanol–water partition coefficient (Wildman–Crippen LogP) is 3.89. The van der Waals surface area contributed by atoms with Crippen molar-refractivity contribution in [2.24, 2.45) is 10.9 Å². The number of anilines is 1. The maximum atomic E-state index is 6.21. The van der Waals surface area contributed by atoms with Gasteiger partial charge in [0, 0.05) is 43.1 Å². The fourth-order valence-corrected chi connectivity index (χ4v) is 4.04. The number of hydrogen-bond acceptors (Lipinski definition) is 4. The molecule has 0 amide bonds. The van der Waals surface area contributed by atoms with Crippen LogP contribution in [0, 0.1) is 12.8 Å². The Morgan fingerprint density at radius 1 is 1.23 bits per heavy atom. The molecule has 7 nitrogen and oxygen atoms in total. The average molecular weight is 554 g/mol. The lowest BCUT2D eigenvalue weighted by atomic mass is 10.1. The number of halogens is 2. The van der Waals surface area contributed by atoms with Crippen LogP contribution in [0.3, 0.4) is 0 Å². The second-order valence-electron chi connectivity index (χ2n) is 7.65. The molecule has 1 aliphatic heterocycles. The van der Waals surface area contributed by atoms with Gasteiger partial charge in [-0.3, -0.25) is 4.40 Å². The van der Waals surface area contributed by atoms with Crippen molar-refractivity contribution in [3.8, 4) is 0 Å². The van der Waals surface area contributed by atoms with Crippen LogP contribution in [0.25, 0.3) is 5.65 Å². The number of nitrogens with one attached hydrogen (secondary N) is 2. The van der Waals surface area contributed by atoms with E-state index in [1.807, 2.05) is 34.9 Å². The quantitative estimate of drug-likeness (QED) is 0.275. The molecule has 166 valence electrons. The highest BCUT2D eigenvalue weighted by molar-refractivity contribution is 14.0. The fraction of sp³-hybridized carbons (Fsp3) is 0.409. The zero-order valence-electron chi connectivity index (χ0n) is 17.9. The van der Waals surface area contributed by atoms with Gasteiger partial charge in [-0.25, -0.2) is 4.99 Å². The van der Waals surface area contributed by atoms with E-state index in [2.05, 4.69) is 51.7 Å². The number of pyridine rings is 1. The molecule has 31 heavy (non-hydrogen) atoms. The maximum absolute atomic E-state index is 6.21. The van der Waals surface area contributed by atoms with Crippen LogP contribution in [0.15, 0.2) is 47.6 Å². The summed E-state index contributed by atoms with van der Waals surface area (Å²) < 4.78 is 1.97. The lowest BCUT2D eigenvalue weighted by molar-refractivity contribution is 0.565. The van der Waals surface area contributed by atoms with Crippen molar-refractivity contribution in [1.82, 2.24) is 25.2 Å². The monoisotopic (exact) mass is 553 g/mol. The minimum absolute atomic E-state index is 0. The van der Waals surface area contributed by atoms with Gasteiger partial charge in [0.15, 0.2) is 17.4 Å². The molecule has 0 spiro atoms. The number of benzene rings is 1. The number of nitrogens with zero attached hydrogens (tertiary/aromatic N) is 5. The molecular formula is C22H29ClIN7. The van der Waals surface area contributed by atoms with E-state index in [4.69, 9.17) is 16.6 Å². The Morgan fingerprint density at radius 2 is 2.10 bits per heavy atom. The zero-order chi connectivity index (χ0) is 20.9. The number of guanidine groups is 1. The van der Waals surface area contributed by atoms with Crippen molar-refractivity contribution in [1.29, 1.82) is 0 Å². The van der Waals surface area contributed by atoms with Gasteiger partial charge in [0.1, 0.15) is 6.54 Å². The molecule has 1 unspecified atom stereocenters. The first-order chi connectivity index (χ1) is 14.6. The van der Waals surface area contributed by atoms with Crippen LogP contribution in [-0.2, 0) is 6.54 Å². The van der Waals surface area contributed by atoms with E-state index in [1.165, 1.54) is 11.3 Å². The van der Waals surface area contributed by atoms with Crippen LogP contribution < -0.4 is 15.5 Å². The predicted molar refractivity (Wildman–Crippen MR) is 138 cm³/mol. The Kier molecular flexibility index (Phi) is 8.36. The van der Waals surface area contributed by atoms with Gasteiger partial charge in [-0.2, -0.15) is 0 Å². The van der Waals surface area contributed by atoms with Crippen molar-refractivity contribution < 1.29 is 0 Å². The molecule has 0 aliphatic carbocycles. The summed E-state index contributed by atoms with van der Waals surface area (Å²) in [5.41, 5.74) is 3.34. The molecule has 1 aliphatic rings. The fourth-order valence-electron chi connectivity index (χ4n) is 3.87. The largest absolute Gasteiger partial charge is 0.371 e. The average Bonchev–Trinajstić information content (AvgIpc) is 3.39. The summed E-state index contributed by atoms with van der Waals surface area (Å²) in [5, 5.41) is 16.1. The maximum Gasteiger partial charge on any atom is 0.191 e. The smallest absolute Gasteiger partial charge is 0.191 e. The number of hydrogen-bond donors (Lipinski definition) is 2. The van der Waals surface area contributed by atoms with Gasteiger partial charge in [0.25, 0.3) is 0 Å². The molecule has 1 saturated heterocycles. The third kappa shape index (κ3) is 5.79. The normalized spacial score (nSPS) is 16.4. The second kappa shape index (κ2) is 11.0. The van der Waals surface area contributed by atoms with Gasteiger partial charge in [0.2, 0.25) is 0 Å². The van der Waals surface area contributed by atoms with Gasteiger partial charge < -0.3 is 15.5 Å². The molecule has 3 aromatic rings. The summed E-state index contributed by atoms with van der Waals surface area (Å²) in [5.74, 6) is 2.19. The summed E-state index contributed by atoms with van der Waals surface area (Å²) in [7, 11) is 0. The Bertz CT molecular complexity index is 1040. The molecule has 0 saturated carbocycles. The van der Waals surface area contributed by atoms with E-state index in [9.17, 15) is 0 Å². The molecule has 0 bridgehead atoms. The summed E-state index contributed by atoms with van der Waals surface area (Å²) in [6.07, 6.45) is 3.11. The minimum Gasteiger partial charge on any atom is -0.371 e. The van der Waals surface area contributed by atoms with E-state index in [0.717, 1.165) is 55.1 Å². The van der Waals surface area contributed by atoms with Crippen molar-refractivity contribution in [2.45, 2.75) is 26.8 Å². The first-order valence-corrected chi connectivity index (χ1v) is 10.8. The molecule has 9 heteroatoms. The van der Waals surface area contributed by atoms with Crippen molar-refractivity contribution in [2.75, 3.05) is 31.1 Å². The molecule has 0 radical (unpaired) electrons. The minimum atomic E-state index is 0. The Labute approximate surface area is 205 Å². The lowest BCUT2D eigenvalue weighted by Crippen LogP contribution is -2.40. The molecule has 2 N–H and O–H groups in total. The Morgan fingerprint density at radius 3 is 2.94 bits per heavy atom. The molecule has 1 aromatic carbocycles. The third-order valence-electron chi connectivity index (χ3n) is 5.46. The number of rotatable bonds is 6. The van der Waals surface area contributed by atoms with Gasteiger partial charge in [0.05, 0.1) is 0 Å². The Hall–Kier alpha value is -2.07. The first kappa shape index (κ1) is 23.6. The van der Waals surface area contributed by atoms with Gasteiger partial charge in [-0.1, -0.05) is 23.7 Å². The lowest BCUT2D eigenvalue weighted by Gasteiger charge is -2.21. The topological polar surface area (TPSA) is 69.8 Å². The summed E-state index contributed by atoms with van der Waals surface area (Å²) in [6.45, 7) is 8.44. The first-order valence-electron chi connectivity index (χ1n) is 10.5. The van der Waals surface area contributed by atoms with Crippen LogP contribution >= 0.6 is 35.6 Å². The van der Waals surface area contributed by atoms with E-state index in [1.54, 1.807) is 0 Å². The van der Waals surface area contributed by atoms with Crippen molar-refractivity contribution >= 4 is 52.9 Å². The summed E-state index contributed by atoms with van der Waals surface area (Å²) in [6, 6.07) is 12.0. The highest BCUT2D eigenvalue weighted by Gasteiger charge is 2.24. The number of aliphatic imine (C=N–C) groups is 1. The number of aryl methyl sites for hydroxylation is 1. The van der Waals surface area contributed by atoms with Gasteiger partial charge in [-0.15, -0.1) is 34.2 Å². The molecule has 2 aromatic heterocycles. The number of aromatic nitrogens is 3. The SMILES string of the molecule is CCNC(=NCc1nnc2ccccn12)NCC1CCN(c2cc(Cl)ccc2C)C1.I.